The number of hydrogen-bond donors (Lipinski definition) is 1. The van der Waals surface area contributed by atoms with E-state index in [-0.39, 0.29) is 11.9 Å². The first-order valence-electron chi connectivity index (χ1n) is 6.97. The quantitative estimate of drug-likeness (QED) is 0.754. The van der Waals surface area contributed by atoms with Crippen LogP contribution in [0.25, 0.3) is 0 Å². The normalized spacial score (nSPS) is 12.9. The maximum atomic E-state index is 13.2. The minimum atomic E-state index is -0.250. The van der Waals surface area contributed by atoms with Crippen LogP contribution in [0.3, 0.4) is 0 Å². The highest BCUT2D eigenvalue weighted by molar-refractivity contribution is 5.15. The van der Waals surface area contributed by atoms with Gasteiger partial charge in [-0.15, -0.1) is 0 Å². The zero-order valence-corrected chi connectivity index (χ0v) is 11.7. The highest BCUT2D eigenvalue weighted by atomic mass is 19.1. The first kappa shape index (κ1) is 15.1. The Bertz CT molecular complexity index is 339. The third kappa shape index (κ3) is 5.58. The molecule has 0 saturated carbocycles. The Labute approximate surface area is 110 Å². The van der Waals surface area contributed by atoms with Crippen LogP contribution >= 0.6 is 0 Å². The lowest BCUT2D eigenvalue weighted by atomic mass is 9.99. The fourth-order valence-electron chi connectivity index (χ4n) is 2.05. The fourth-order valence-corrected chi connectivity index (χ4v) is 2.05. The van der Waals surface area contributed by atoms with Gasteiger partial charge in [0.1, 0.15) is 5.82 Å². The molecule has 18 heavy (non-hydrogen) atoms. The summed E-state index contributed by atoms with van der Waals surface area (Å²) >= 11 is 0. The Morgan fingerprint density at radius 2 is 2.06 bits per heavy atom. The number of halogens is 1. The Kier molecular flexibility index (Phi) is 6.88. The Hall–Kier alpha value is -0.960. The van der Waals surface area contributed by atoms with Crippen molar-refractivity contribution in [3.63, 3.8) is 0 Å². The smallest absolute Gasteiger partial charge is 0.141 e. The van der Waals surface area contributed by atoms with Gasteiger partial charge in [0, 0.05) is 12.2 Å². The molecular weight excluding hydrogens is 227 g/mol. The lowest BCUT2D eigenvalue weighted by molar-refractivity contribution is 0.445. The summed E-state index contributed by atoms with van der Waals surface area (Å²) < 4.78 is 13.2. The maximum absolute atomic E-state index is 13.2. The van der Waals surface area contributed by atoms with Gasteiger partial charge in [-0.25, -0.2) is 4.39 Å². The molecule has 3 heteroatoms. The van der Waals surface area contributed by atoms with E-state index in [1.165, 1.54) is 12.6 Å². The van der Waals surface area contributed by atoms with Gasteiger partial charge in [-0.2, -0.15) is 0 Å². The predicted octanol–water partition coefficient (Wildman–Crippen LogP) is 4.09. The molecule has 0 aliphatic rings. The molecule has 1 rings (SSSR count). The van der Waals surface area contributed by atoms with E-state index in [4.69, 9.17) is 0 Å². The Morgan fingerprint density at radius 3 is 2.67 bits per heavy atom. The average molecular weight is 252 g/mol. The molecule has 0 spiro atoms. The van der Waals surface area contributed by atoms with E-state index < -0.39 is 0 Å². The number of nitrogens with one attached hydrogen (secondary N) is 1. The molecule has 0 aromatic carbocycles. The largest absolute Gasteiger partial charge is 0.310 e. The molecule has 1 aromatic rings. The monoisotopic (exact) mass is 252 g/mol. The van der Waals surface area contributed by atoms with E-state index in [0.717, 1.165) is 37.3 Å². The van der Waals surface area contributed by atoms with Crippen LogP contribution in [0, 0.1) is 11.7 Å². The van der Waals surface area contributed by atoms with Gasteiger partial charge >= 0.3 is 0 Å². The zero-order chi connectivity index (χ0) is 13.4. The van der Waals surface area contributed by atoms with Crippen molar-refractivity contribution in [2.24, 2.45) is 5.92 Å². The Morgan fingerprint density at radius 1 is 1.28 bits per heavy atom. The lowest BCUT2D eigenvalue weighted by Gasteiger charge is -2.19. The first-order chi connectivity index (χ1) is 8.63. The molecule has 1 unspecified atom stereocenters. The van der Waals surface area contributed by atoms with E-state index >= 15 is 0 Å². The molecule has 1 aromatic heterocycles. The zero-order valence-electron chi connectivity index (χ0n) is 11.7. The molecule has 0 amide bonds. The molecule has 2 nitrogen and oxygen atoms in total. The fraction of sp³-hybridized carbons (Fsp3) is 0.667. The highest BCUT2D eigenvalue weighted by Gasteiger charge is 2.11. The highest BCUT2D eigenvalue weighted by Crippen LogP contribution is 2.20. The van der Waals surface area contributed by atoms with Crippen LogP contribution in [0.1, 0.15) is 58.1 Å². The van der Waals surface area contributed by atoms with E-state index in [9.17, 15) is 4.39 Å². The summed E-state index contributed by atoms with van der Waals surface area (Å²) in [5, 5.41) is 3.48. The Balaban J connectivity index is 2.59. The van der Waals surface area contributed by atoms with Crippen molar-refractivity contribution in [3.8, 4) is 0 Å². The molecule has 0 saturated heterocycles. The van der Waals surface area contributed by atoms with Crippen molar-refractivity contribution in [1.82, 2.24) is 10.3 Å². The van der Waals surface area contributed by atoms with E-state index in [0.29, 0.717) is 0 Å². The van der Waals surface area contributed by atoms with Gasteiger partial charge in [0.25, 0.3) is 0 Å². The maximum Gasteiger partial charge on any atom is 0.141 e. The number of nitrogens with zero attached hydrogens (tertiary/aromatic N) is 1. The van der Waals surface area contributed by atoms with Gasteiger partial charge in [-0.05, 0) is 36.9 Å². The summed E-state index contributed by atoms with van der Waals surface area (Å²) in [5.41, 5.74) is 0.965. The average Bonchev–Trinajstić information content (AvgIpc) is 2.33. The first-order valence-corrected chi connectivity index (χ1v) is 6.97. The third-order valence-electron chi connectivity index (χ3n) is 3.04. The van der Waals surface area contributed by atoms with Gasteiger partial charge < -0.3 is 5.32 Å². The van der Waals surface area contributed by atoms with Crippen molar-refractivity contribution in [3.05, 3.63) is 29.8 Å². The number of aromatic nitrogens is 1. The lowest BCUT2D eigenvalue weighted by Crippen LogP contribution is -2.22. The molecule has 1 heterocycles. The van der Waals surface area contributed by atoms with Crippen molar-refractivity contribution < 1.29 is 4.39 Å². The minimum absolute atomic E-state index is 0.229. The third-order valence-corrected chi connectivity index (χ3v) is 3.04. The molecule has 0 aliphatic heterocycles. The van der Waals surface area contributed by atoms with E-state index in [2.05, 4.69) is 31.1 Å². The van der Waals surface area contributed by atoms with E-state index in [1.54, 1.807) is 12.3 Å². The van der Waals surface area contributed by atoms with Crippen molar-refractivity contribution in [1.29, 1.82) is 0 Å². The summed E-state index contributed by atoms with van der Waals surface area (Å²) in [7, 11) is 0. The molecular formula is C15H25FN2. The molecule has 0 radical (unpaired) electrons. The second-order valence-electron chi connectivity index (χ2n) is 5.27. The van der Waals surface area contributed by atoms with Crippen LogP contribution in [-0.2, 0) is 0 Å². The molecule has 1 atom stereocenters. The van der Waals surface area contributed by atoms with Gasteiger partial charge in [0.2, 0.25) is 0 Å². The van der Waals surface area contributed by atoms with Crippen molar-refractivity contribution >= 4 is 0 Å². The topological polar surface area (TPSA) is 24.9 Å². The molecule has 0 aliphatic carbocycles. The molecule has 0 fully saturated rings. The van der Waals surface area contributed by atoms with Crippen LogP contribution in [0.2, 0.25) is 0 Å². The second-order valence-corrected chi connectivity index (χ2v) is 5.27. The number of pyridine rings is 1. The summed E-state index contributed by atoms with van der Waals surface area (Å²) in [4.78, 5) is 3.94. The summed E-state index contributed by atoms with van der Waals surface area (Å²) in [6, 6.07) is 1.82. The standard InChI is InChI=1S/C15H25FN2/c1-4-8-18-15(7-5-6-12(2)3)13-9-14(16)11-17-10-13/h9-12,15,18H,4-8H2,1-3H3. The van der Waals surface area contributed by atoms with Crippen LogP contribution < -0.4 is 5.32 Å². The van der Waals surface area contributed by atoms with Gasteiger partial charge in [0.05, 0.1) is 6.20 Å². The van der Waals surface area contributed by atoms with Gasteiger partial charge in [0.15, 0.2) is 0 Å². The van der Waals surface area contributed by atoms with Gasteiger partial charge in [-0.1, -0.05) is 33.6 Å². The van der Waals surface area contributed by atoms with Crippen molar-refractivity contribution in [2.45, 2.75) is 52.5 Å². The van der Waals surface area contributed by atoms with Crippen LogP contribution in [-0.4, -0.2) is 11.5 Å². The minimum Gasteiger partial charge on any atom is -0.310 e. The van der Waals surface area contributed by atoms with Crippen molar-refractivity contribution in [2.75, 3.05) is 6.54 Å². The SMILES string of the molecule is CCCNC(CCCC(C)C)c1cncc(F)c1. The van der Waals surface area contributed by atoms with E-state index in [1.807, 2.05) is 0 Å². The number of hydrogen-bond acceptors (Lipinski definition) is 2. The number of rotatable bonds is 8. The van der Waals surface area contributed by atoms with Crippen LogP contribution in [0.5, 0.6) is 0 Å². The second kappa shape index (κ2) is 8.20. The summed E-state index contributed by atoms with van der Waals surface area (Å²) in [5.74, 6) is 0.474. The summed E-state index contributed by atoms with van der Waals surface area (Å²) in [6.45, 7) is 7.57. The molecule has 102 valence electrons. The molecule has 1 N–H and O–H groups in total. The van der Waals surface area contributed by atoms with Crippen LogP contribution in [0.4, 0.5) is 4.39 Å². The van der Waals surface area contributed by atoms with Crippen LogP contribution in [0.15, 0.2) is 18.5 Å². The predicted molar refractivity (Wildman–Crippen MR) is 73.9 cm³/mol. The van der Waals surface area contributed by atoms with Gasteiger partial charge in [-0.3, -0.25) is 4.98 Å². The summed E-state index contributed by atoms with van der Waals surface area (Å²) in [6.07, 6.45) is 7.54. The molecule has 0 bridgehead atoms.